The van der Waals surface area contributed by atoms with Gasteiger partial charge in [-0.2, -0.15) is 0 Å². The van der Waals surface area contributed by atoms with Gasteiger partial charge in [-0.3, -0.25) is 5.32 Å². The molecule has 2 aromatic rings. The molecule has 0 bridgehead atoms. The Kier molecular flexibility index (Phi) is 4.27. The second kappa shape index (κ2) is 6.13. The summed E-state index contributed by atoms with van der Waals surface area (Å²) < 4.78 is 0. The number of aliphatic hydroxyl groups is 1. The number of benzene rings is 1. The Balaban J connectivity index is 1.96. The number of aromatic nitrogens is 1. The van der Waals surface area contributed by atoms with Gasteiger partial charge in [0.1, 0.15) is 0 Å². The first-order valence-electron chi connectivity index (χ1n) is 5.42. The van der Waals surface area contributed by atoms with E-state index in [-0.39, 0.29) is 12.6 Å². The van der Waals surface area contributed by atoms with Crippen molar-refractivity contribution in [1.29, 1.82) is 0 Å². The van der Waals surface area contributed by atoms with Crippen molar-refractivity contribution in [1.82, 2.24) is 10.3 Å². The summed E-state index contributed by atoms with van der Waals surface area (Å²) in [5.74, 6) is 0. The maximum absolute atomic E-state index is 11.7. The molecule has 5 nitrogen and oxygen atoms in total. The van der Waals surface area contributed by atoms with Crippen LogP contribution in [0, 0.1) is 0 Å². The second-order valence-electron chi connectivity index (χ2n) is 3.58. The predicted molar refractivity (Wildman–Crippen MR) is 70.5 cm³/mol. The number of amides is 2. The first-order valence-corrected chi connectivity index (χ1v) is 6.30. The third-order valence-corrected chi connectivity index (χ3v) is 3.03. The molecule has 1 atom stereocenters. The fourth-order valence-electron chi connectivity index (χ4n) is 1.50. The second-order valence-corrected chi connectivity index (χ2v) is 4.48. The molecule has 2 amide bonds. The van der Waals surface area contributed by atoms with Crippen LogP contribution in [-0.4, -0.2) is 22.7 Å². The zero-order valence-corrected chi connectivity index (χ0v) is 10.4. The van der Waals surface area contributed by atoms with Crippen molar-refractivity contribution in [2.45, 2.75) is 6.04 Å². The lowest BCUT2D eigenvalue weighted by Gasteiger charge is -2.16. The number of thiazole rings is 1. The van der Waals surface area contributed by atoms with E-state index in [1.165, 1.54) is 11.3 Å². The van der Waals surface area contributed by atoms with E-state index in [1.807, 2.05) is 30.3 Å². The van der Waals surface area contributed by atoms with Crippen molar-refractivity contribution in [3.8, 4) is 0 Å². The van der Waals surface area contributed by atoms with Crippen LogP contribution in [0.4, 0.5) is 9.93 Å². The standard InChI is InChI=1S/C12H13N3O2S/c16-8-10(9-4-2-1-3-5-9)14-11(17)15-12-13-6-7-18-12/h1-7,10,16H,8H2,(H2,13,14,15,17). The molecule has 0 spiro atoms. The Bertz CT molecular complexity index is 487. The third-order valence-electron chi connectivity index (χ3n) is 2.34. The molecule has 1 aromatic carbocycles. The van der Waals surface area contributed by atoms with Crippen molar-refractivity contribution in [2.24, 2.45) is 0 Å². The molecular weight excluding hydrogens is 250 g/mol. The highest BCUT2D eigenvalue weighted by atomic mass is 32.1. The van der Waals surface area contributed by atoms with Crippen LogP contribution in [-0.2, 0) is 0 Å². The van der Waals surface area contributed by atoms with Gasteiger partial charge in [-0.25, -0.2) is 9.78 Å². The summed E-state index contributed by atoms with van der Waals surface area (Å²) in [6.45, 7) is -0.157. The van der Waals surface area contributed by atoms with Crippen molar-refractivity contribution in [2.75, 3.05) is 11.9 Å². The summed E-state index contributed by atoms with van der Waals surface area (Å²) in [4.78, 5) is 15.6. The zero-order valence-electron chi connectivity index (χ0n) is 9.54. The molecule has 1 aromatic heterocycles. The van der Waals surface area contributed by atoms with Crippen LogP contribution in [0.3, 0.4) is 0 Å². The van der Waals surface area contributed by atoms with Crippen molar-refractivity contribution < 1.29 is 9.90 Å². The van der Waals surface area contributed by atoms with E-state index < -0.39 is 6.04 Å². The van der Waals surface area contributed by atoms with Crippen molar-refractivity contribution in [3.05, 3.63) is 47.5 Å². The van der Waals surface area contributed by atoms with E-state index in [1.54, 1.807) is 11.6 Å². The number of hydrogen-bond donors (Lipinski definition) is 3. The van der Waals surface area contributed by atoms with Gasteiger partial charge >= 0.3 is 6.03 Å². The fourth-order valence-corrected chi connectivity index (χ4v) is 2.02. The van der Waals surface area contributed by atoms with Gasteiger partial charge in [0.25, 0.3) is 0 Å². The molecule has 1 unspecified atom stereocenters. The Labute approximate surface area is 108 Å². The summed E-state index contributed by atoms with van der Waals surface area (Å²) in [5.41, 5.74) is 0.856. The largest absolute Gasteiger partial charge is 0.394 e. The molecule has 18 heavy (non-hydrogen) atoms. The molecule has 0 saturated carbocycles. The summed E-state index contributed by atoms with van der Waals surface area (Å²) in [7, 11) is 0. The number of anilines is 1. The van der Waals surface area contributed by atoms with E-state index in [0.29, 0.717) is 5.13 Å². The Morgan fingerprint density at radius 3 is 2.78 bits per heavy atom. The molecule has 0 fully saturated rings. The first-order chi connectivity index (χ1) is 8.79. The first kappa shape index (κ1) is 12.5. The molecule has 3 N–H and O–H groups in total. The lowest BCUT2D eigenvalue weighted by molar-refractivity contribution is 0.225. The lowest BCUT2D eigenvalue weighted by atomic mass is 10.1. The predicted octanol–water partition coefficient (Wildman–Crippen LogP) is 2.00. The maximum Gasteiger partial charge on any atom is 0.321 e. The van der Waals surface area contributed by atoms with Gasteiger partial charge in [0, 0.05) is 11.6 Å². The Morgan fingerprint density at radius 1 is 1.39 bits per heavy atom. The van der Waals surface area contributed by atoms with Gasteiger partial charge in [-0.05, 0) is 5.56 Å². The van der Waals surface area contributed by atoms with Crippen LogP contribution in [0.15, 0.2) is 41.9 Å². The van der Waals surface area contributed by atoms with Crippen LogP contribution in [0.5, 0.6) is 0 Å². The molecule has 0 saturated heterocycles. The number of carbonyl (C=O) groups is 1. The third kappa shape index (κ3) is 3.28. The average molecular weight is 263 g/mol. The van der Waals surface area contributed by atoms with Crippen molar-refractivity contribution in [3.63, 3.8) is 0 Å². The quantitative estimate of drug-likeness (QED) is 0.789. The molecule has 2 rings (SSSR count). The molecule has 0 aliphatic carbocycles. The van der Waals surface area contributed by atoms with Gasteiger partial charge in [0.05, 0.1) is 12.6 Å². The molecule has 94 valence electrons. The van der Waals surface area contributed by atoms with Crippen LogP contribution < -0.4 is 10.6 Å². The number of urea groups is 1. The van der Waals surface area contributed by atoms with Crippen LogP contribution in [0.1, 0.15) is 11.6 Å². The van der Waals surface area contributed by atoms with E-state index in [0.717, 1.165) is 5.56 Å². The van der Waals surface area contributed by atoms with Gasteiger partial charge in [0.15, 0.2) is 5.13 Å². The van der Waals surface area contributed by atoms with Crippen molar-refractivity contribution >= 4 is 22.5 Å². The van der Waals surface area contributed by atoms with Crippen LogP contribution in [0.2, 0.25) is 0 Å². The number of nitrogens with zero attached hydrogens (tertiary/aromatic N) is 1. The highest BCUT2D eigenvalue weighted by Gasteiger charge is 2.13. The number of aliphatic hydroxyl groups excluding tert-OH is 1. The van der Waals surface area contributed by atoms with Gasteiger partial charge in [0.2, 0.25) is 0 Å². The molecule has 1 heterocycles. The topological polar surface area (TPSA) is 74.2 Å². The number of nitrogens with one attached hydrogen (secondary N) is 2. The normalized spacial score (nSPS) is 11.8. The van der Waals surface area contributed by atoms with Crippen LogP contribution in [0.25, 0.3) is 0 Å². The molecular formula is C12H13N3O2S. The van der Waals surface area contributed by atoms with E-state index in [4.69, 9.17) is 0 Å². The molecule has 0 radical (unpaired) electrons. The van der Waals surface area contributed by atoms with E-state index in [2.05, 4.69) is 15.6 Å². The highest BCUT2D eigenvalue weighted by Crippen LogP contribution is 2.13. The summed E-state index contributed by atoms with van der Waals surface area (Å²) in [5, 5.41) is 16.9. The van der Waals surface area contributed by atoms with Crippen LogP contribution >= 0.6 is 11.3 Å². The van der Waals surface area contributed by atoms with Gasteiger partial charge in [-0.15, -0.1) is 11.3 Å². The van der Waals surface area contributed by atoms with E-state index >= 15 is 0 Å². The summed E-state index contributed by atoms with van der Waals surface area (Å²) >= 11 is 1.34. The highest BCUT2D eigenvalue weighted by molar-refractivity contribution is 7.13. The minimum atomic E-state index is -0.425. The zero-order chi connectivity index (χ0) is 12.8. The SMILES string of the molecule is O=C(Nc1nccs1)NC(CO)c1ccccc1. The molecule has 0 aliphatic heterocycles. The van der Waals surface area contributed by atoms with Gasteiger partial charge in [-0.1, -0.05) is 30.3 Å². The number of rotatable bonds is 4. The average Bonchev–Trinajstić information content (AvgIpc) is 2.90. The fraction of sp³-hybridized carbons (Fsp3) is 0.167. The summed E-state index contributed by atoms with van der Waals surface area (Å²) in [6.07, 6.45) is 1.61. The molecule has 6 heteroatoms. The minimum Gasteiger partial charge on any atom is -0.394 e. The maximum atomic E-state index is 11.7. The van der Waals surface area contributed by atoms with E-state index in [9.17, 15) is 9.90 Å². The number of carbonyl (C=O) groups excluding carboxylic acids is 1. The monoisotopic (exact) mass is 263 g/mol. The Hall–Kier alpha value is -1.92. The lowest BCUT2D eigenvalue weighted by Crippen LogP contribution is -2.34. The smallest absolute Gasteiger partial charge is 0.321 e. The minimum absolute atomic E-state index is 0.157. The molecule has 0 aliphatic rings. The number of hydrogen-bond acceptors (Lipinski definition) is 4. The Morgan fingerprint density at radius 2 is 2.17 bits per heavy atom. The van der Waals surface area contributed by atoms with Gasteiger partial charge < -0.3 is 10.4 Å². The summed E-state index contributed by atoms with van der Waals surface area (Å²) in [6, 6.07) is 8.50.